The highest BCUT2D eigenvalue weighted by Gasteiger charge is 2.24. The van der Waals surface area contributed by atoms with Crippen molar-refractivity contribution in [3.63, 3.8) is 0 Å². The standard InChI is InChI=1S/C16H8F5N3O2/c17-12-10(13(18)15(20)16(21)14(12)19)6-23-24-11(25)7-26-9-3-1-8(5-22)2-4-9/h1-4,6H,7H2,(H,24,25). The third-order valence-electron chi connectivity index (χ3n) is 2.98. The number of nitrogens with one attached hydrogen (secondary N) is 1. The van der Waals surface area contributed by atoms with Crippen LogP contribution in [0.3, 0.4) is 0 Å². The van der Waals surface area contributed by atoms with E-state index in [-0.39, 0.29) is 12.0 Å². The van der Waals surface area contributed by atoms with Gasteiger partial charge in [-0.1, -0.05) is 0 Å². The lowest BCUT2D eigenvalue weighted by Crippen LogP contribution is -2.24. The van der Waals surface area contributed by atoms with Crippen LogP contribution in [0.25, 0.3) is 0 Å². The largest absolute Gasteiger partial charge is 0.484 e. The Morgan fingerprint density at radius 2 is 1.58 bits per heavy atom. The van der Waals surface area contributed by atoms with Gasteiger partial charge >= 0.3 is 0 Å². The maximum Gasteiger partial charge on any atom is 0.277 e. The zero-order valence-electron chi connectivity index (χ0n) is 12.7. The van der Waals surface area contributed by atoms with Gasteiger partial charge in [-0.15, -0.1) is 0 Å². The molecule has 0 heterocycles. The number of ether oxygens (including phenoxy) is 1. The maximum atomic E-state index is 13.4. The van der Waals surface area contributed by atoms with Gasteiger partial charge in [-0.05, 0) is 24.3 Å². The first kappa shape index (κ1) is 18.9. The van der Waals surface area contributed by atoms with Crippen molar-refractivity contribution in [1.29, 1.82) is 5.26 Å². The molecule has 0 saturated heterocycles. The Hall–Kier alpha value is -3.48. The molecular formula is C16H8F5N3O2. The summed E-state index contributed by atoms with van der Waals surface area (Å²) in [4.78, 5) is 11.5. The Kier molecular flexibility index (Phi) is 5.85. The van der Waals surface area contributed by atoms with Crippen molar-refractivity contribution in [3.8, 4) is 11.8 Å². The van der Waals surface area contributed by atoms with Gasteiger partial charge in [0.15, 0.2) is 29.9 Å². The lowest BCUT2D eigenvalue weighted by atomic mass is 10.2. The summed E-state index contributed by atoms with van der Waals surface area (Å²) in [6.07, 6.45) is 0.288. The molecule has 0 aliphatic carbocycles. The fraction of sp³-hybridized carbons (Fsp3) is 0.0625. The molecule has 0 radical (unpaired) electrons. The summed E-state index contributed by atoms with van der Waals surface area (Å²) in [7, 11) is 0. The molecule has 0 atom stereocenters. The molecule has 0 aromatic heterocycles. The van der Waals surface area contributed by atoms with Crippen LogP contribution in [-0.4, -0.2) is 18.7 Å². The van der Waals surface area contributed by atoms with E-state index < -0.39 is 47.2 Å². The third-order valence-corrected chi connectivity index (χ3v) is 2.98. The first-order valence-corrected chi connectivity index (χ1v) is 6.81. The molecule has 26 heavy (non-hydrogen) atoms. The van der Waals surface area contributed by atoms with Crippen LogP contribution >= 0.6 is 0 Å². The number of nitriles is 1. The summed E-state index contributed by atoms with van der Waals surface area (Å²) in [5, 5.41) is 11.8. The number of amides is 1. The Morgan fingerprint density at radius 1 is 1.04 bits per heavy atom. The predicted octanol–water partition coefficient (Wildman–Crippen LogP) is 2.78. The van der Waals surface area contributed by atoms with Gasteiger partial charge in [0, 0.05) is 0 Å². The van der Waals surface area contributed by atoms with E-state index in [1.165, 1.54) is 24.3 Å². The maximum absolute atomic E-state index is 13.4. The number of hydrogen-bond acceptors (Lipinski definition) is 4. The van der Waals surface area contributed by atoms with Gasteiger partial charge in [0.2, 0.25) is 5.82 Å². The monoisotopic (exact) mass is 369 g/mol. The summed E-state index contributed by atoms with van der Waals surface area (Å²) >= 11 is 0. The Labute approximate surface area is 143 Å². The summed E-state index contributed by atoms with van der Waals surface area (Å²) in [5.74, 6) is -11.3. The van der Waals surface area contributed by atoms with Crippen LogP contribution in [0.15, 0.2) is 29.4 Å². The molecule has 0 spiro atoms. The van der Waals surface area contributed by atoms with Crippen molar-refractivity contribution in [2.24, 2.45) is 5.10 Å². The third kappa shape index (κ3) is 4.13. The molecule has 134 valence electrons. The van der Waals surface area contributed by atoms with E-state index in [4.69, 9.17) is 10.00 Å². The second kappa shape index (κ2) is 8.06. The van der Waals surface area contributed by atoms with Crippen LogP contribution in [0.1, 0.15) is 11.1 Å². The van der Waals surface area contributed by atoms with Crippen molar-refractivity contribution in [2.45, 2.75) is 0 Å². The number of hydrazone groups is 1. The smallest absolute Gasteiger partial charge is 0.277 e. The van der Waals surface area contributed by atoms with Gasteiger partial charge in [0.05, 0.1) is 23.4 Å². The number of hydrogen-bond donors (Lipinski definition) is 1. The van der Waals surface area contributed by atoms with Crippen LogP contribution in [0.4, 0.5) is 22.0 Å². The molecule has 0 aliphatic rings. The van der Waals surface area contributed by atoms with Gasteiger partial charge in [-0.2, -0.15) is 10.4 Å². The van der Waals surface area contributed by atoms with Crippen LogP contribution < -0.4 is 10.2 Å². The molecule has 2 rings (SSSR count). The SMILES string of the molecule is N#Cc1ccc(OCC(=O)NN=Cc2c(F)c(F)c(F)c(F)c2F)cc1. The van der Waals surface area contributed by atoms with E-state index in [0.717, 1.165) is 0 Å². The number of carbonyl (C=O) groups is 1. The fourth-order valence-corrected chi connectivity index (χ4v) is 1.71. The molecule has 0 bridgehead atoms. The van der Waals surface area contributed by atoms with Gasteiger partial charge in [0.25, 0.3) is 5.91 Å². The lowest BCUT2D eigenvalue weighted by Gasteiger charge is -2.05. The number of carbonyl (C=O) groups excluding carboxylic acids is 1. The normalized spacial score (nSPS) is 10.6. The van der Waals surface area contributed by atoms with Crippen LogP contribution in [-0.2, 0) is 4.79 Å². The van der Waals surface area contributed by atoms with E-state index in [2.05, 4.69) is 5.10 Å². The van der Waals surface area contributed by atoms with Crippen LogP contribution in [0.2, 0.25) is 0 Å². The zero-order valence-corrected chi connectivity index (χ0v) is 12.7. The van der Waals surface area contributed by atoms with E-state index >= 15 is 0 Å². The molecule has 1 amide bonds. The molecule has 0 unspecified atom stereocenters. The minimum absolute atomic E-state index is 0.267. The van der Waals surface area contributed by atoms with Crippen LogP contribution in [0.5, 0.6) is 5.75 Å². The number of rotatable bonds is 5. The first-order chi connectivity index (χ1) is 12.3. The van der Waals surface area contributed by atoms with E-state index in [9.17, 15) is 26.7 Å². The average Bonchev–Trinajstić information content (AvgIpc) is 2.66. The summed E-state index contributed by atoms with van der Waals surface area (Å²) in [5.41, 5.74) is 0.900. The molecule has 1 N–H and O–H groups in total. The van der Waals surface area contributed by atoms with Gasteiger partial charge < -0.3 is 4.74 Å². The molecular weight excluding hydrogens is 361 g/mol. The van der Waals surface area contributed by atoms with Gasteiger partial charge in [-0.3, -0.25) is 4.79 Å². The van der Waals surface area contributed by atoms with Crippen LogP contribution in [0, 0.1) is 40.4 Å². The van der Waals surface area contributed by atoms with Crippen molar-refractivity contribution in [3.05, 3.63) is 64.5 Å². The number of halogens is 5. The Balaban J connectivity index is 1.98. The molecule has 2 aromatic carbocycles. The van der Waals surface area contributed by atoms with E-state index in [1.807, 2.05) is 11.5 Å². The topological polar surface area (TPSA) is 74.5 Å². The lowest BCUT2D eigenvalue weighted by molar-refractivity contribution is -0.123. The van der Waals surface area contributed by atoms with E-state index in [0.29, 0.717) is 5.56 Å². The summed E-state index contributed by atoms with van der Waals surface area (Å²) in [6, 6.07) is 7.67. The van der Waals surface area contributed by atoms with Gasteiger partial charge in [0.1, 0.15) is 5.75 Å². The minimum Gasteiger partial charge on any atom is -0.484 e. The fourth-order valence-electron chi connectivity index (χ4n) is 1.71. The second-order valence-corrected chi connectivity index (χ2v) is 4.70. The summed E-state index contributed by atoms with van der Waals surface area (Å²) < 4.78 is 70.7. The van der Waals surface area contributed by atoms with Crippen molar-refractivity contribution in [1.82, 2.24) is 5.43 Å². The van der Waals surface area contributed by atoms with Crippen molar-refractivity contribution < 1.29 is 31.5 Å². The highest BCUT2D eigenvalue weighted by molar-refractivity contribution is 5.83. The zero-order chi connectivity index (χ0) is 19.3. The van der Waals surface area contributed by atoms with Crippen molar-refractivity contribution in [2.75, 3.05) is 6.61 Å². The molecule has 10 heteroatoms. The predicted molar refractivity (Wildman–Crippen MR) is 78.6 cm³/mol. The van der Waals surface area contributed by atoms with Gasteiger partial charge in [-0.25, -0.2) is 27.4 Å². The average molecular weight is 369 g/mol. The van der Waals surface area contributed by atoms with Crippen molar-refractivity contribution >= 4 is 12.1 Å². The molecule has 0 fully saturated rings. The highest BCUT2D eigenvalue weighted by Crippen LogP contribution is 2.21. The second-order valence-electron chi connectivity index (χ2n) is 4.70. The van der Waals surface area contributed by atoms with E-state index in [1.54, 1.807) is 0 Å². The summed E-state index contributed by atoms with van der Waals surface area (Å²) in [6.45, 7) is -0.541. The molecule has 0 saturated carbocycles. The molecule has 2 aromatic rings. The Bertz CT molecular complexity index is 879. The number of nitrogens with zero attached hydrogens (tertiary/aromatic N) is 2. The quantitative estimate of drug-likeness (QED) is 0.290. The highest BCUT2D eigenvalue weighted by atomic mass is 19.2. The molecule has 0 aliphatic heterocycles. The first-order valence-electron chi connectivity index (χ1n) is 6.81. The molecule has 5 nitrogen and oxygen atoms in total. The number of benzene rings is 2. The Morgan fingerprint density at radius 3 is 2.12 bits per heavy atom. The minimum atomic E-state index is -2.29.